The van der Waals surface area contributed by atoms with Gasteiger partial charge in [0, 0.05) is 6.42 Å². The average Bonchev–Trinajstić information content (AvgIpc) is 2.34. The number of rotatable bonds is 6. The second-order valence-corrected chi connectivity index (χ2v) is 3.99. The number of carbonyl (C=O) groups excluding carboxylic acids is 1. The Morgan fingerprint density at radius 1 is 1.39 bits per heavy atom. The molecule has 0 atom stereocenters. The maximum atomic E-state index is 11.4. The van der Waals surface area contributed by atoms with E-state index in [0.29, 0.717) is 6.42 Å². The van der Waals surface area contributed by atoms with Crippen LogP contribution in [-0.2, 0) is 16.0 Å². The first-order valence-electron chi connectivity index (χ1n) is 5.65. The van der Waals surface area contributed by atoms with Gasteiger partial charge in [-0.25, -0.2) is 0 Å². The highest BCUT2D eigenvalue weighted by Gasteiger charge is 2.07. The molecule has 0 heterocycles. The molecule has 0 fully saturated rings. The van der Waals surface area contributed by atoms with E-state index in [-0.39, 0.29) is 18.9 Å². The van der Waals surface area contributed by atoms with Crippen molar-refractivity contribution in [1.29, 1.82) is 0 Å². The van der Waals surface area contributed by atoms with Crippen LogP contribution >= 0.6 is 0 Å². The number of carboxylic acids is 1. The highest BCUT2D eigenvalue weighted by molar-refractivity contribution is 5.81. The van der Waals surface area contributed by atoms with Crippen molar-refractivity contribution in [1.82, 2.24) is 5.32 Å². The molecular formula is C13H17NO4. The summed E-state index contributed by atoms with van der Waals surface area (Å²) < 4.78 is 5.23. The van der Waals surface area contributed by atoms with Crippen molar-refractivity contribution in [2.45, 2.75) is 19.8 Å². The van der Waals surface area contributed by atoms with Crippen LogP contribution < -0.4 is 10.1 Å². The molecule has 5 nitrogen and oxygen atoms in total. The molecule has 98 valence electrons. The van der Waals surface area contributed by atoms with Crippen LogP contribution in [0.1, 0.15) is 17.5 Å². The summed E-state index contributed by atoms with van der Waals surface area (Å²) in [5.41, 5.74) is 2.03. The molecule has 0 aromatic heterocycles. The zero-order chi connectivity index (χ0) is 13.5. The number of amides is 1. The fourth-order valence-corrected chi connectivity index (χ4v) is 1.57. The number of hydrogen-bond donors (Lipinski definition) is 2. The molecule has 2 N–H and O–H groups in total. The van der Waals surface area contributed by atoms with Gasteiger partial charge in [0.25, 0.3) is 0 Å². The zero-order valence-corrected chi connectivity index (χ0v) is 10.5. The molecule has 0 bridgehead atoms. The van der Waals surface area contributed by atoms with Gasteiger partial charge in [-0.2, -0.15) is 0 Å². The van der Waals surface area contributed by atoms with Gasteiger partial charge in [0.2, 0.25) is 5.91 Å². The molecule has 5 heteroatoms. The standard InChI is InChI=1S/C13H17NO4/c1-9-3-4-10(11(7-9)18-2)5-6-12(15)14-8-13(16)17/h3-4,7H,5-6,8H2,1-2H3,(H,14,15)(H,16,17). The van der Waals surface area contributed by atoms with E-state index in [1.165, 1.54) is 0 Å². The predicted octanol–water partition coefficient (Wildman–Crippen LogP) is 1.14. The molecule has 0 radical (unpaired) electrons. The summed E-state index contributed by atoms with van der Waals surface area (Å²) in [6, 6.07) is 5.77. The Morgan fingerprint density at radius 3 is 2.72 bits per heavy atom. The molecule has 0 saturated heterocycles. The Morgan fingerprint density at radius 2 is 2.11 bits per heavy atom. The third kappa shape index (κ3) is 4.45. The average molecular weight is 251 g/mol. The number of hydrogen-bond acceptors (Lipinski definition) is 3. The van der Waals surface area contributed by atoms with Crippen LogP contribution in [0.5, 0.6) is 5.75 Å². The van der Waals surface area contributed by atoms with Crippen LogP contribution in [0.25, 0.3) is 0 Å². The molecule has 0 saturated carbocycles. The molecule has 1 amide bonds. The maximum absolute atomic E-state index is 11.4. The van der Waals surface area contributed by atoms with Gasteiger partial charge < -0.3 is 15.2 Å². The maximum Gasteiger partial charge on any atom is 0.322 e. The van der Waals surface area contributed by atoms with Crippen molar-refractivity contribution in [2.24, 2.45) is 0 Å². The molecule has 1 aromatic rings. The van der Waals surface area contributed by atoms with Crippen LogP contribution in [0, 0.1) is 6.92 Å². The minimum Gasteiger partial charge on any atom is -0.496 e. The first-order valence-corrected chi connectivity index (χ1v) is 5.65. The molecule has 18 heavy (non-hydrogen) atoms. The predicted molar refractivity (Wildman–Crippen MR) is 66.7 cm³/mol. The normalized spacial score (nSPS) is 9.89. The highest BCUT2D eigenvalue weighted by Crippen LogP contribution is 2.21. The third-order valence-electron chi connectivity index (χ3n) is 2.50. The van der Waals surface area contributed by atoms with Crippen molar-refractivity contribution >= 4 is 11.9 Å². The summed E-state index contributed by atoms with van der Waals surface area (Å²) in [4.78, 5) is 21.7. The van der Waals surface area contributed by atoms with E-state index in [4.69, 9.17) is 9.84 Å². The van der Waals surface area contributed by atoms with Crippen molar-refractivity contribution in [3.63, 3.8) is 0 Å². The Labute approximate surface area is 106 Å². The number of aryl methyl sites for hydroxylation is 2. The lowest BCUT2D eigenvalue weighted by Gasteiger charge is -2.09. The third-order valence-corrected chi connectivity index (χ3v) is 2.50. The number of carbonyl (C=O) groups is 2. The molecule has 1 rings (SSSR count). The van der Waals surface area contributed by atoms with E-state index in [0.717, 1.165) is 16.9 Å². The van der Waals surface area contributed by atoms with Crippen LogP contribution in [0.4, 0.5) is 0 Å². The van der Waals surface area contributed by atoms with E-state index in [2.05, 4.69) is 5.32 Å². The number of benzene rings is 1. The minimum absolute atomic E-state index is 0.243. The van der Waals surface area contributed by atoms with Crippen LogP contribution in [0.2, 0.25) is 0 Å². The molecule has 0 spiro atoms. The van der Waals surface area contributed by atoms with Crippen molar-refractivity contribution in [2.75, 3.05) is 13.7 Å². The highest BCUT2D eigenvalue weighted by atomic mass is 16.5. The number of ether oxygens (including phenoxy) is 1. The number of nitrogens with one attached hydrogen (secondary N) is 1. The topological polar surface area (TPSA) is 75.6 Å². The number of methoxy groups -OCH3 is 1. The van der Waals surface area contributed by atoms with Crippen molar-refractivity contribution in [3.8, 4) is 5.75 Å². The molecule has 0 aliphatic heterocycles. The monoisotopic (exact) mass is 251 g/mol. The fourth-order valence-electron chi connectivity index (χ4n) is 1.57. The first-order chi connectivity index (χ1) is 8.52. The van der Waals surface area contributed by atoms with Crippen molar-refractivity contribution < 1.29 is 19.4 Å². The summed E-state index contributed by atoms with van der Waals surface area (Å²) >= 11 is 0. The summed E-state index contributed by atoms with van der Waals surface area (Å²) in [7, 11) is 1.59. The van der Waals surface area contributed by atoms with Gasteiger partial charge in [0.05, 0.1) is 7.11 Å². The minimum atomic E-state index is -1.05. The Kier molecular flexibility index (Phi) is 5.17. The molecule has 1 aromatic carbocycles. The molecule has 0 aliphatic rings. The second kappa shape index (κ2) is 6.64. The zero-order valence-electron chi connectivity index (χ0n) is 10.5. The fraction of sp³-hybridized carbons (Fsp3) is 0.385. The second-order valence-electron chi connectivity index (χ2n) is 3.99. The van der Waals surface area contributed by atoms with E-state index in [9.17, 15) is 9.59 Å². The van der Waals surface area contributed by atoms with Crippen LogP contribution in [0.3, 0.4) is 0 Å². The summed E-state index contributed by atoms with van der Waals surface area (Å²) in [5, 5.41) is 10.7. The van der Waals surface area contributed by atoms with E-state index >= 15 is 0 Å². The van der Waals surface area contributed by atoms with Gasteiger partial charge in [-0.05, 0) is 30.5 Å². The summed E-state index contributed by atoms with van der Waals surface area (Å²) in [6.07, 6.45) is 0.765. The lowest BCUT2D eigenvalue weighted by atomic mass is 10.1. The van der Waals surface area contributed by atoms with Gasteiger partial charge in [-0.3, -0.25) is 9.59 Å². The van der Waals surface area contributed by atoms with Crippen LogP contribution in [0.15, 0.2) is 18.2 Å². The largest absolute Gasteiger partial charge is 0.496 e. The van der Waals surface area contributed by atoms with Gasteiger partial charge in [0.1, 0.15) is 12.3 Å². The first kappa shape index (κ1) is 14.0. The van der Waals surface area contributed by atoms with Crippen LogP contribution in [-0.4, -0.2) is 30.6 Å². The SMILES string of the molecule is COc1cc(C)ccc1CCC(=O)NCC(=O)O. The Balaban J connectivity index is 2.52. The molecular weight excluding hydrogens is 234 g/mol. The van der Waals surface area contributed by atoms with Crippen molar-refractivity contribution in [3.05, 3.63) is 29.3 Å². The molecule has 0 aliphatic carbocycles. The Hall–Kier alpha value is -2.04. The number of aliphatic carboxylic acids is 1. The Bertz CT molecular complexity index is 443. The summed E-state index contributed by atoms with van der Waals surface area (Å²) in [5.74, 6) is -0.572. The van der Waals surface area contributed by atoms with E-state index < -0.39 is 5.97 Å². The van der Waals surface area contributed by atoms with Gasteiger partial charge in [0.15, 0.2) is 0 Å². The van der Waals surface area contributed by atoms with Gasteiger partial charge in [-0.1, -0.05) is 12.1 Å². The lowest BCUT2D eigenvalue weighted by Crippen LogP contribution is -2.29. The smallest absolute Gasteiger partial charge is 0.322 e. The lowest BCUT2D eigenvalue weighted by molar-refractivity contribution is -0.137. The quantitative estimate of drug-likeness (QED) is 0.795. The molecule has 0 unspecified atom stereocenters. The van der Waals surface area contributed by atoms with E-state index in [1.807, 2.05) is 25.1 Å². The number of carboxylic acid groups (broad SMARTS) is 1. The van der Waals surface area contributed by atoms with Gasteiger partial charge >= 0.3 is 5.97 Å². The summed E-state index contributed by atoms with van der Waals surface area (Å²) in [6.45, 7) is 1.62. The van der Waals surface area contributed by atoms with E-state index in [1.54, 1.807) is 7.11 Å². The van der Waals surface area contributed by atoms with Gasteiger partial charge in [-0.15, -0.1) is 0 Å².